The molecule has 318 valence electrons. The molecule has 68 heavy (non-hydrogen) atoms. The minimum atomic E-state index is 0.595. The molecule has 0 aliphatic rings. The first kappa shape index (κ1) is 39.1. The van der Waals surface area contributed by atoms with Gasteiger partial charge in [0.1, 0.15) is 0 Å². The highest BCUT2D eigenvalue weighted by Gasteiger charge is 2.24. The Kier molecular flexibility index (Phi) is 9.39. The summed E-state index contributed by atoms with van der Waals surface area (Å²) in [5.41, 5.74) is 15.6. The van der Waals surface area contributed by atoms with E-state index in [0.29, 0.717) is 11.6 Å². The average Bonchev–Trinajstić information content (AvgIpc) is 3.94. The third kappa shape index (κ3) is 6.66. The SMILES string of the molecule is c1ccc(-c2cc(-c3ccccc3)nc(-c3ccc(-n4c5ccccc5c5c6c7ccccc7n(-c7ccccc7)c6ccc54)c(-c4nc(-c5ccccc5)cc(-c5ccccc5)n4)c3)n2)cc1. The molecule has 9 aromatic carbocycles. The number of rotatable bonds is 8. The van der Waals surface area contributed by atoms with E-state index in [1.54, 1.807) is 0 Å². The van der Waals surface area contributed by atoms with E-state index in [4.69, 9.17) is 19.9 Å². The highest BCUT2D eigenvalue weighted by atomic mass is 15.0. The van der Waals surface area contributed by atoms with Crippen molar-refractivity contribution in [3.63, 3.8) is 0 Å². The van der Waals surface area contributed by atoms with E-state index >= 15 is 0 Å². The van der Waals surface area contributed by atoms with Crippen molar-refractivity contribution in [3.8, 4) is 79.2 Å². The summed E-state index contributed by atoms with van der Waals surface area (Å²) in [6.07, 6.45) is 0. The average molecular weight is 869 g/mol. The van der Waals surface area contributed by atoms with Crippen LogP contribution >= 0.6 is 0 Å². The van der Waals surface area contributed by atoms with Gasteiger partial charge in [-0.25, -0.2) is 19.9 Å². The van der Waals surface area contributed by atoms with Crippen LogP contribution in [0.2, 0.25) is 0 Å². The third-order valence-corrected chi connectivity index (χ3v) is 13.0. The first-order valence-corrected chi connectivity index (χ1v) is 22.9. The molecular formula is C62H40N6. The molecule has 0 N–H and O–H groups in total. The first-order chi connectivity index (χ1) is 33.7. The van der Waals surface area contributed by atoms with Crippen molar-refractivity contribution in [1.82, 2.24) is 29.1 Å². The Morgan fingerprint density at radius 3 is 1.12 bits per heavy atom. The summed E-state index contributed by atoms with van der Waals surface area (Å²) in [5, 5.41) is 4.76. The van der Waals surface area contributed by atoms with Crippen LogP contribution in [0.4, 0.5) is 0 Å². The standard InChI is InChI=1S/C62H40N6/c1-6-20-41(21-7-1)50-39-51(42-22-8-2-9-23-42)64-61(63-50)45-34-35-56(49(38-45)62-65-52(43-24-10-3-11-25-43)40-53(66-62)44-26-12-4-13-27-44)68-55-33-19-17-31-48(55)60-58(68)37-36-57-59(60)47-30-16-18-32-54(47)67(57)46-28-14-5-15-29-46/h1-40H. The van der Waals surface area contributed by atoms with Crippen LogP contribution in [0, 0.1) is 0 Å². The maximum atomic E-state index is 5.45. The van der Waals surface area contributed by atoms with Crippen LogP contribution in [0.5, 0.6) is 0 Å². The number of para-hydroxylation sites is 3. The van der Waals surface area contributed by atoms with Gasteiger partial charge in [-0.3, -0.25) is 0 Å². The second kappa shape index (κ2) is 16.3. The highest BCUT2D eigenvalue weighted by Crippen LogP contribution is 2.44. The Hall–Kier alpha value is -9.26. The zero-order valence-corrected chi connectivity index (χ0v) is 36.8. The smallest absolute Gasteiger partial charge is 0.162 e. The quantitative estimate of drug-likeness (QED) is 0.153. The highest BCUT2D eigenvalue weighted by molar-refractivity contribution is 6.29. The summed E-state index contributed by atoms with van der Waals surface area (Å²) in [7, 11) is 0. The molecule has 4 aromatic heterocycles. The van der Waals surface area contributed by atoms with Gasteiger partial charge in [0.15, 0.2) is 11.6 Å². The van der Waals surface area contributed by atoms with Crippen molar-refractivity contribution in [1.29, 1.82) is 0 Å². The maximum Gasteiger partial charge on any atom is 0.162 e. The number of hydrogen-bond donors (Lipinski definition) is 0. The minimum Gasteiger partial charge on any atom is -0.309 e. The molecule has 0 saturated heterocycles. The van der Waals surface area contributed by atoms with Gasteiger partial charge in [-0.05, 0) is 66.7 Å². The first-order valence-electron chi connectivity index (χ1n) is 22.9. The molecule has 0 radical (unpaired) electrons. The van der Waals surface area contributed by atoms with Crippen LogP contribution in [0.1, 0.15) is 0 Å². The van der Waals surface area contributed by atoms with Gasteiger partial charge in [-0.15, -0.1) is 0 Å². The molecule has 13 aromatic rings. The second-order valence-electron chi connectivity index (χ2n) is 17.0. The number of fused-ring (bicyclic) bond motifs is 7. The maximum absolute atomic E-state index is 5.45. The Labute approximate surface area is 392 Å². The predicted octanol–water partition coefficient (Wildman–Crippen LogP) is 15.5. The lowest BCUT2D eigenvalue weighted by Crippen LogP contribution is -2.03. The van der Waals surface area contributed by atoms with Gasteiger partial charge >= 0.3 is 0 Å². The van der Waals surface area contributed by atoms with Crippen LogP contribution < -0.4 is 0 Å². The van der Waals surface area contributed by atoms with E-state index in [1.807, 2.05) is 48.5 Å². The van der Waals surface area contributed by atoms with Crippen LogP contribution in [-0.4, -0.2) is 29.1 Å². The monoisotopic (exact) mass is 868 g/mol. The minimum absolute atomic E-state index is 0.595. The van der Waals surface area contributed by atoms with Gasteiger partial charge in [0.05, 0.1) is 50.5 Å². The van der Waals surface area contributed by atoms with Crippen molar-refractivity contribution < 1.29 is 0 Å². The van der Waals surface area contributed by atoms with Crippen molar-refractivity contribution in [3.05, 3.63) is 243 Å². The van der Waals surface area contributed by atoms with E-state index < -0.39 is 0 Å². The van der Waals surface area contributed by atoms with Gasteiger partial charge in [0, 0.05) is 60.6 Å². The fraction of sp³-hybridized carbons (Fsp3) is 0. The molecule has 0 fully saturated rings. The molecule has 0 aliphatic heterocycles. The number of hydrogen-bond acceptors (Lipinski definition) is 4. The molecule has 0 atom stereocenters. The summed E-state index contributed by atoms with van der Waals surface area (Å²) in [6, 6.07) is 84.8. The van der Waals surface area contributed by atoms with Crippen LogP contribution in [-0.2, 0) is 0 Å². The molecule has 6 nitrogen and oxygen atoms in total. The summed E-state index contributed by atoms with van der Waals surface area (Å²) in [5.74, 6) is 1.20. The second-order valence-corrected chi connectivity index (χ2v) is 17.0. The lowest BCUT2D eigenvalue weighted by molar-refractivity contribution is 1.13. The van der Waals surface area contributed by atoms with E-state index in [1.165, 1.54) is 16.2 Å². The summed E-state index contributed by atoms with van der Waals surface area (Å²) in [6.45, 7) is 0. The third-order valence-electron chi connectivity index (χ3n) is 13.0. The number of nitrogens with zero attached hydrogens (tertiary/aromatic N) is 6. The summed E-state index contributed by atoms with van der Waals surface area (Å²) in [4.78, 5) is 21.5. The van der Waals surface area contributed by atoms with E-state index in [9.17, 15) is 0 Å². The predicted molar refractivity (Wildman–Crippen MR) is 279 cm³/mol. The fourth-order valence-electron chi connectivity index (χ4n) is 9.85. The van der Waals surface area contributed by atoms with Gasteiger partial charge < -0.3 is 9.13 Å². The Morgan fingerprint density at radius 1 is 0.265 bits per heavy atom. The molecule has 0 spiro atoms. The van der Waals surface area contributed by atoms with Gasteiger partial charge in [-0.2, -0.15) is 0 Å². The Balaban J connectivity index is 1.12. The van der Waals surface area contributed by atoms with Crippen LogP contribution in [0.25, 0.3) is 123 Å². The summed E-state index contributed by atoms with van der Waals surface area (Å²) >= 11 is 0. The fourth-order valence-corrected chi connectivity index (χ4v) is 9.85. The molecule has 0 unspecified atom stereocenters. The molecule has 0 saturated carbocycles. The van der Waals surface area contributed by atoms with Crippen LogP contribution in [0.3, 0.4) is 0 Å². The normalized spacial score (nSPS) is 11.5. The Morgan fingerprint density at radius 2 is 0.647 bits per heavy atom. The van der Waals surface area contributed by atoms with Crippen molar-refractivity contribution in [2.75, 3.05) is 0 Å². The lowest BCUT2D eigenvalue weighted by Gasteiger charge is -2.17. The lowest BCUT2D eigenvalue weighted by atomic mass is 10.0. The molecular weight excluding hydrogens is 829 g/mol. The van der Waals surface area contributed by atoms with Gasteiger partial charge in [0.2, 0.25) is 0 Å². The van der Waals surface area contributed by atoms with E-state index in [2.05, 4.69) is 203 Å². The van der Waals surface area contributed by atoms with E-state index in [-0.39, 0.29) is 0 Å². The molecule has 13 rings (SSSR count). The summed E-state index contributed by atoms with van der Waals surface area (Å²) < 4.78 is 4.78. The molecule has 4 heterocycles. The van der Waals surface area contributed by atoms with Crippen LogP contribution in [0.15, 0.2) is 243 Å². The van der Waals surface area contributed by atoms with Gasteiger partial charge in [-0.1, -0.05) is 176 Å². The zero-order chi connectivity index (χ0) is 45.0. The number of aromatic nitrogens is 6. The number of benzene rings is 9. The topological polar surface area (TPSA) is 61.4 Å². The molecule has 0 aliphatic carbocycles. The van der Waals surface area contributed by atoms with Gasteiger partial charge in [0.25, 0.3) is 0 Å². The van der Waals surface area contributed by atoms with E-state index in [0.717, 1.165) is 95.0 Å². The molecule has 0 amide bonds. The largest absolute Gasteiger partial charge is 0.309 e. The zero-order valence-electron chi connectivity index (χ0n) is 36.8. The van der Waals surface area contributed by atoms with Crippen molar-refractivity contribution in [2.45, 2.75) is 0 Å². The van der Waals surface area contributed by atoms with Crippen molar-refractivity contribution >= 4 is 43.6 Å². The van der Waals surface area contributed by atoms with Crippen molar-refractivity contribution in [2.24, 2.45) is 0 Å². The molecule has 0 bridgehead atoms. The molecule has 6 heteroatoms. The Bertz CT molecular complexity index is 3880.